The third-order valence-electron chi connectivity index (χ3n) is 3.44. The van der Waals surface area contributed by atoms with Crippen molar-refractivity contribution in [3.8, 4) is 0 Å². The van der Waals surface area contributed by atoms with Gasteiger partial charge in [0.15, 0.2) is 5.82 Å². The summed E-state index contributed by atoms with van der Waals surface area (Å²) in [5, 5.41) is 6.85. The number of hydrogen-bond donors (Lipinski definition) is 1. The Bertz CT molecular complexity index is 435. The number of piperidine rings is 1. The first-order valence-electron chi connectivity index (χ1n) is 7.08. The Hall–Kier alpha value is -1.63. The average Bonchev–Trinajstić information content (AvgIpc) is 2.96. The minimum atomic E-state index is -0.0500. The number of rotatable bonds is 5. The van der Waals surface area contributed by atoms with Crippen LogP contribution in [-0.2, 0) is 11.2 Å². The first-order valence-corrected chi connectivity index (χ1v) is 7.08. The first-order chi connectivity index (χ1) is 9.74. The molecule has 1 aliphatic rings. The maximum atomic E-state index is 12.0. The van der Waals surface area contributed by atoms with Crippen molar-refractivity contribution in [3.05, 3.63) is 11.7 Å². The summed E-state index contributed by atoms with van der Waals surface area (Å²) >= 11 is 0. The maximum absolute atomic E-state index is 12.0. The number of aryl methyl sites for hydroxylation is 1. The van der Waals surface area contributed by atoms with Crippen LogP contribution in [0.25, 0.3) is 0 Å². The second-order valence-corrected chi connectivity index (χ2v) is 4.91. The van der Waals surface area contributed by atoms with Crippen LogP contribution in [0.4, 0.5) is 4.79 Å². The summed E-state index contributed by atoms with van der Waals surface area (Å²) in [7, 11) is 1.62. The van der Waals surface area contributed by atoms with Crippen molar-refractivity contribution in [2.75, 3.05) is 33.4 Å². The van der Waals surface area contributed by atoms with Crippen LogP contribution in [0.5, 0.6) is 0 Å². The number of amides is 2. The summed E-state index contributed by atoms with van der Waals surface area (Å²) in [6, 6.07) is -0.0500. The number of urea groups is 1. The lowest BCUT2D eigenvalue weighted by Crippen LogP contribution is -2.45. The van der Waals surface area contributed by atoms with Gasteiger partial charge in [0.05, 0.1) is 6.61 Å². The molecule has 1 aromatic rings. The number of ether oxygens (including phenoxy) is 1. The van der Waals surface area contributed by atoms with E-state index in [1.807, 2.05) is 11.8 Å². The summed E-state index contributed by atoms with van der Waals surface area (Å²) in [6.45, 7) is 4.44. The molecule has 0 aromatic carbocycles. The molecule has 0 saturated carbocycles. The predicted octanol–water partition coefficient (Wildman–Crippen LogP) is 1.17. The molecular formula is C13H22N4O3. The lowest BCUT2D eigenvalue weighted by molar-refractivity contribution is 0.166. The van der Waals surface area contributed by atoms with E-state index in [1.165, 1.54) is 0 Å². The van der Waals surface area contributed by atoms with Crippen molar-refractivity contribution in [3.63, 3.8) is 0 Å². The average molecular weight is 282 g/mol. The topological polar surface area (TPSA) is 80.5 Å². The fraction of sp³-hybridized carbons (Fsp3) is 0.769. The second kappa shape index (κ2) is 7.23. The fourth-order valence-corrected chi connectivity index (χ4v) is 2.32. The van der Waals surface area contributed by atoms with Gasteiger partial charge in [-0.25, -0.2) is 4.79 Å². The van der Waals surface area contributed by atoms with E-state index in [1.54, 1.807) is 7.11 Å². The van der Waals surface area contributed by atoms with Crippen molar-refractivity contribution in [1.82, 2.24) is 20.4 Å². The Morgan fingerprint density at radius 3 is 3.15 bits per heavy atom. The summed E-state index contributed by atoms with van der Waals surface area (Å²) in [6.07, 6.45) is 2.68. The molecule has 1 fully saturated rings. The summed E-state index contributed by atoms with van der Waals surface area (Å²) in [5.74, 6) is 1.54. The molecule has 20 heavy (non-hydrogen) atoms. The number of hydrogen-bond acceptors (Lipinski definition) is 5. The van der Waals surface area contributed by atoms with E-state index in [0.29, 0.717) is 25.6 Å². The molecule has 0 spiro atoms. The van der Waals surface area contributed by atoms with Gasteiger partial charge >= 0.3 is 6.03 Å². The fourth-order valence-electron chi connectivity index (χ4n) is 2.32. The number of methoxy groups -OCH3 is 1. The Morgan fingerprint density at radius 2 is 2.45 bits per heavy atom. The highest BCUT2D eigenvalue weighted by Crippen LogP contribution is 2.24. The summed E-state index contributed by atoms with van der Waals surface area (Å²) < 4.78 is 10.1. The monoisotopic (exact) mass is 282 g/mol. The van der Waals surface area contributed by atoms with Gasteiger partial charge in [0.25, 0.3) is 0 Å². The Labute approximate surface area is 118 Å². The van der Waals surface area contributed by atoms with Crippen molar-refractivity contribution < 1.29 is 14.1 Å². The molecule has 2 heterocycles. The SMILES string of the molecule is CCc1nc([C@H]2CCCN(C(=O)NCCOC)C2)no1. The lowest BCUT2D eigenvalue weighted by atomic mass is 9.98. The largest absolute Gasteiger partial charge is 0.383 e. The van der Waals surface area contributed by atoms with Gasteiger partial charge in [-0.2, -0.15) is 4.98 Å². The normalized spacial score (nSPS) is 19.1. The van der Waals surface area contributed by atoms with E-state index < -0.39 is 0 Å². The Balaban J connectivity index is 1.89. The zero-order chi connectivity index (χ0) is 14.4. The van der Waals surface area contributed by atoms with Crippen molar-refractivity contribution >= 4 is 6.03 Å². The first kappa shape index (κ1) is 14.8. The van der Waals surface area contributed by atoms with Crippen molar-refractivity contribution in [2.24, 2.45) is 0 Å². The molecule has 1 atom stereocenters. The van der Waals surface area contributed by atoms with Gasteiger partial charge in [-0.1, -0.05) is 12.1 Å². The van der Waals surface area contributed by atoms with Crippen molar-refractivity contribution in [1.29, 1.82) is 0 Å². The lowest BCUT2D eigenvalue weighted by Gasteiger charge is -2.31. The number of nitrogens with zero attached hydrogens (tertiary/aromatic N) is 3. The highest BCUT2D eigenvalue weighted by molar-refractivity contribution is 5.74. The van der Waals surface area contributed by atoms with Crippen LogP contribution in [0.3, 0.4) is 0 Å². The Kier molecular flexibility index (Phi) is 5.34. The van der Waals surface area contributed by atoms with E-state index in [0.717, 1.165) is 31.6 Å². The number of likely N-dealkylation sites (tertiary alicyclic amines) is 1. The smallest absolute Gasteiger partial charge is 0.317 e. The number of aromatic nitrogens is 2. The molecule has 2 amide bonds. The molecule has 1 N–H and O–H groups in total. The van der Waals surface area contributed by atoms with Gasteiger partial charge in [0, 0.05) is 39.1 Å². The quantitative estimate of drug-likeness (QED) is 0.820. The van der Waals surface area contributed by atoms with Crippen LogP contribution in [0.2, 0.25) is 0 Å². The third kappa shape index (κ3) is 3.69. The van der Waals surface area contributed by atoms with Crippen LogP contribution < -0.4 is 5.32 Å². The number of carbonyl (C=O) groups excluding carboxylic acids is 1. The van der Waals surface area contributed by atoms with E-state index >= 15 is 0 Å². The van der Waals surface area contributed by atoms with E-state index in [4.69, 9.17) is 9.26 Å². The molecule has 0 unspecified atom stereocenters. The molecule has 1 saturated heterocycles. The van der Waals surface area contributed by atoms with Gasteiger partial charge in [-0.05, 0) is 12.8 Å². The predicted molar refractivity (Wildman–Crippen MR) is 72.5 cm³/mol. The molecule has 0 bridgehead atoms. The number of carbonyl (C=O) groups is 1. The number of nitrogens with one attached hydrogen (secondary N) is 1. The van der Waals surface area contributed by atoms with Crippen LogP contribution in [0.1, 0.15) is 37.4 Å². The zero-order valence-electron chi connectivity index (χ0n) is 12.1. The van der Waals surface area contributed by atoms with Crippen LogP contribution in [0.15, 0.2) is 4.52 Å². The van der Waals surface area contributed by atoms with E-state index in [9.17, 15) is 4.79 Å². The van der Waals surface area contributed by atoms with Crippen LogP contribution in [-0.4, -0.2) is 54.4 Å². The van der Waals surface area contributed by atoms with Crippen LogP contribution >= 0.6 is 0 Å². The molecule has 1 aliphatic heterocycles. The van der Waals surface area contributed by atoms with Gasteiger partial charge in [-0.15, -0.1) is 0 Å². The maximum Gasteiger partial charge on any atom is 0.317 e. The molecule has 0 aliphatic carbocycles. The van der Waals surface area contributed by atoms with Gasteiger partial charge in [0.2, 0.25) is 5.89 Å². The molecule has 0 radical (unpaired) electrons. The Morgan fingerprint density at radius 1 is 1.60 bits per heavy atom. The third-order valence-corrected chi connectivity index (χ3v) is 3.44. The molecule has 7 heteroatoms. The summed E-state index contributed by atoms with van der Waals surface area (Å²) in [4.78, 5) is 18.2. The molecule has 2 rings (SSSR count). The van der Waals surface area contributed by atoms with E-state index in [2.05, 4.69) is 15.5 Å². The van der Waals surface area contributed by atoms with Crippen LogP contribution in [0, 0.1) is 0 Å². The van der Waals surface area contributed by atoms with Gasteiger partial charge < -0.3 is 19.5 Å². The molecule has 1 aromatic heterocycles. The minimum Gasteiger partial charge on any atom is -0.383 e. The molecule has 112 valence electrons. The van der Waals surface area contributed by atoms with Crippen molar-refractivity contribution in [2.45, 2.75) is 32.1 Å². The van der Waals surface area contributed by atoms with E-state index in [-0.39, 0.29) is 11.9 Å². The van der Waals surface area contributed by atoms with Gasteiger partial charge in [0.1, 0.15) is 0 Å². The van der Waals surface area contributed by atoms with Gasteiger partial charge in [-0.3, -0.25) is 0 Å². The molecule has 7 nitrogen and oxygen atoms in total. The highest BCUT2D eigenvalue weighted by Gasteiger charge is 2.27. The zero-order valence-corrected chi connectivity index (χ0v) is 12.1. The standard InChI is InChI=1S/C13H22N4O3/c1-3-11-15-12(16-20-11)10-5-4-7-17(9-10)13(18)14-6-8-19-2/h10H,3-9H2,1-2H3,(H,14,18)/t10-/m0/s1. The summed E-state index contributed by atoms with van der Waals surface area (Å²) in [5.41, 5.74) is 0. The minimum absolute atomic E-state index is 0.0500. The highest BCUT2D eigenvalue weighted by atomic mass is 16.5. The molecular weight excluding hydrogens is 260 g/mol. The second-order valence-electron chi connectivity index (χ2n) is 4.91.